The summed E-state index contributed by atoms with van der Waals surface area (Å²) in [4.78, 5) is 10.0. The predicted molar refractivity (Wildman–Crippen MR) is 63.6 cm³/mol. The van der Waals surface area contributed by atoms with E-state index in [4.69, 9.17) is 9.52 Å². The van der Waals surface area contributed by atoms with E-state index in [1.807, 2.05) is 24.1 Å². The molecule has 2 heterocycles. The second kappa shape index (κ2) is 5.45. The topological polar surface area (TPSA) is 62.4 Å². The highest BCUT2D eigenvalue weighted by Gasteiger charge is 2.08. The molecule has 0 amide bonds. The summed E-state index contributed by atoms with van der Waals surface area (Å²) in [6, 6.07) is 4.51. The maximum absolute atomic E-state index is 8.89. The van der Waals surface area contributed by atoms with Gasteiger partial charge in [-0.15, -0.1) is 0 Å². The second-order valence-electron chi connectivity index (χ2n) is 3.81. The minimum atomic E-state index is -0.0955. The number of nitrogens with zero attached hydrogens (tertiary/aromatic N) is 3. The van der Waals surface area contributed by atoms with Crippen molar-refractivity contribution in [1.82, 2.24) is 9.97 Å². The fourth-order valence-corrected chi connectivity index (χ4v) is 1.49. The molecule has 90 valence electrons. The number of rotatable bonds is 5. The van der Waals surface area contributed by atoms with Crippen LogP contribution in [0.15, 0.2) is 35.2 Å². The van der Waals surface area contributed by atoms with Crippen molar-refractivity contribution in [2.45, 2.75) is 13.0 Å². The molecule has 2 aromatic rings. The van der Waals surface area contributed by atoms with Gasteiger partial charge in [-0.3, -0.25) is 4.98 Å². The molecule has 0 unspecified atom stereocenters. The van der Waals surface area contributed by atoms with Gasteiger partial charge in [0, 0.05) is 26.0 Å². The first-order valence-electron chi connectivity index (χ1n) is 5.45. The Balaban J connectivity index is 1.91. The SMILES string of the molecule is CN(CCc1ccncc1)c1nc(CO)co1. The average molecular weight is 233 g/mol. The summed E-state index contributed by atoms with van der Waals surface area (Å²) in [5, 5.41) is 8.89. The highest BCUT2D eigenvalue weighted by molar-refractivity contribution is 5.26. The lowest BCUT2D eigenvalue weighted by Crippen LogP contribution is -2.20. The van der Waals surface area contributed by atoms with Crippen LogP contribution in [0.3, 0.4) is 0 Å². The molecule has 2 rings (SSSR count). The summed E-state index contributed by atoms with van der Waals surface area (Å²) in [6.07, 6.45) is 5.93. The molecule has 0 saturated heterocycles. The van der Waals surface area contributed by atoms with Crippen molar-refractivity contribution in [2.75, 3.05) is 18.5 Å². The third kappa shape index (κ3) is 3.04. The Labute approximate surface area is 99.7 Å². The lowest BCUT2D eigenvalue weighted by atomic mass is 10.2. The van der Waals surface area contributed by atoms with Crippen LogP contribution in [0.2, 0.25) is 0 Å². The molecule has 0 radical (unpaired) electrons. The number of likely N-dealkylation sites (N-methyl/N-ethyl adjacent to an activating group) is 1. The van der Waals surface area contributed by atoms with E-state index in [9.17, 15) is 0 Å². The van der Waals surface area contributed by atoms with E-state index in [-0.39, 0.29) is 6.61 Å². The van der Waals surface area contributed by atoms with Crippen molar-refractivity contribution in [3.8, 4) is 0 Å². The fourth-order valence-electron chi connectivity index (χ4n) is 1.49. The van der Waals surface area contributed by atoms with Crippen LogP contribution < -0.4 is 4.90 Å². The Morgan fingerprint density at radius 1 is 1.35 bits per heavy atom. The third-order valence-corrected chi connectivity index (χ3v) is 2.51. The van der Waals surface area contributed by atoms with Crippen LogP contribution in [0, 0.1) is 0 Å². The monoisotopic (exact) mass is 233 g/mol. The van der Waals surface area contributed by atoms with Crippen molar-refractivity contribution >= 4 is 6.01 Å². The molecule has 17 heavy (non-hydrogen) atoms. The van der Waals surface area contributed by atoms with E-state index in [0.29, 0.717) is 11.7 Å². The molecule has 0 aliphatic carbocycles. The van der Waals surface area contributed by atoms with Crippen LogP contribution in [-0.4, -0.2) is 28.7 Å². The van der Waals surface area contributed by atoms with Gasteiger partial charge in [-0.1, -0.05) is 0 Å². The van der Waals surface area contributed by atoms with Gasteiger partial charge < -0.3 is 14.4 Å². The zero-order chi connectivity index (χ0) is 12.1. The van der Waals surface area contributed by atoms with Gasteiger partial charge in [0.2, 0.25) is 0 Å². The number of oxazole rings is 1. The highest BCUT2D eigenvalue weighted by atomic mass is 16.4. The Morgan fingerprint density at radius 3 is 2.76 bits per heavy atom. The second-order valence-corrected chi connectivity index (χ2v) is 3.81. The van der Waals surface area contributed by atoms with E-state index < -0.39 is 0 Å². The van der Waals surface area contributed by atoms with E-state index >= 15 is 0 Å². The summed E-state index contributed by atoms with van der Waals surface area (Å²) >= 11 is 0. The van der Waals surface area contributed by atoms with Crippen LogP contribution in [0.1, 0.15) is 11.3 Å². The number of aliphatic hydroxyl groups excluding tert-OH is 1. The van der Waals surface area contributed by atoms with Crippen LogP contribution in [0.4, 0.5) is 6.01 Å². The first-order chi connectivity index (χ1) is 8.29. The van der Waals surface area contributed by atoms with E-state index in [1.165, 1.54) is 11.8 Å². The molecule has 0 saturated carbocycles. The minimum Gasteiger partial charge on any atom is -0.432 e. The van der Waals surface area contributed by atoms with Crippen molar-refractivity contribution in [3.63, 3.8) is 0 Å². The Hall–Kier alpha value is -1.88. The Morgan fingerprint density at radius 2 is 2.12 bits per heavy atom. The fraction of sp³-hybridized carbons (Fsp3) is 0.333. The van der Waals surface area contributed by atoms with Crippen LogP contribution in [0.25, 0.3) is 0 Å². The summed E-state index contributed by atoms with van der Waals surface area (Å²) < 4.78 is 5.25. The predicted octanol–water partition coefficient (Wildman–Crippen LogP) is 1.24. The summed E-state index contributed by atoms with van der Waals surface area (Å²) in [5.41, 5.74) is 1.77. The highest BCUT2D eigenvalue weighted by Crippen LogP contribution is 2.12. The molecule has 5 nitrogen and oxygen atoms in total. The quantitative estimate of drug-likeness (QED) is 0.841. The molecule has 0 aromatic carbocycles. The van der Waals surface area contributed by atoms with Crippen LogP contribution in [0.5, 0.6) is 0 Å². The molecule has 2 aromatic heterocycles. The van der Waals surface area contributed by atoms with E-state index in [0.717, 1.165) is 13.0 Å². The van der Waals surface area contributed by atoms with Crippen LogP contribution >= 0.6 is 0 Å². The molecule has 0 atom stereocenters. The third-order valence-electron chi connectivity index (χ3n) is 2.51. The normalized spacial score (nSPS) is 10.5. The number of pyridine rings is 1. The number of anilines is 1. The number of aliphatic hydroxyl groups is 1. The van der Waals surface area contributed by atoms with Crippen molar-refractivity contribution in [2.24, 2.45) is 0 Å². The number of hydrogen-bond donors (Lipinski definition) is 1. The maximum Gasteiger partial charge on any atom is 0.297 e. The molecule has 0 aliphatic heterocycles. The molecule has 0 bridgehead atoms. The van der Waals surface area contributed by atoms with Gasteiger partial charge in [0.05, 0.1) is 6.61 Å². The van der Waals surface area contributed by atoms with E-state index in [1.54, 1.807) is 12.4 Å². The smallest absolute Gasteiger partial charge is 0.297 e. The zero-order valence-corrected chi connectivity index (χ0v) is 9.71. The molecule has 1 N–H and O–H groups in total. The zero-order valence-electron chi connectivity index (χ0n) is 9.71. The van der Waals surface area contributed by atoms with Gasteiger partial charge in [-0.2, -0.15) is 4.98 Å². The molecular formula is C12H15N3O2. The van der Waals surface area contributed by atoms with Crippen LogP contribution in [-0.2, 0) is 13.0 Å². The van der Waals surface area contributed by atoms with Gasteiger partial charge in [-0.05, 0) is 24.1 Å². The molecule has 0 spiro atoms. The van der Waals surface area contributed by atoms with Crippen molar-refractivity contribution in [3.05, 3.63) is 42.0 Å². The Bertz CT molecular complexity index is 456. The van der Waals surface area contributed by atoms with Crippen molar-refractivity contribution < 1.29 is 9.52 Å². The lowest BCUT2D eigenvalue weighted by Gasteiger charge is -2.13. The van der Waals surface area contributed by atoms with Crippen molar-refractivity contribution in [1.29, 1.82) is 0 Å². The molecular weight excluding hydrogens is 218 g/mol. The van der Waals surface area contributed by atoms with E-state index in [2.05, 4.69) is 9.97 Å². The molecule has 5 heteroatoms. The summed E-state index contributed by atoms with van der Waals surface area (Å²) in [7, 11) is 1.91. The minimum absolute atomic E-state index is 0.0955. The Kier molecular flexibility index (Phi) is 3.72. The first-order valence-corrected chi connectivity index (χ1v) is 5.45. The van der Waals surface area contributed by atoms with Gasteiger partial charge in [-0.25, -0.2) is 0 Å². The summed E-state index contributed by atoms with van der Waals surface area (Å²) in [5.74, 6) is 0. The van der Waals surface area contributed by atoms with Gasteiger partial charge in [0.25, 0.3) is 6.01 Å². The maximum atomic E-state index is 8.89. The van der Waals surface area contributed by atoms with Gasteiger partial charge in [0.15, 0.2) is 0 Å². The molecule has 0 fully saturated rings. The molecule has 0 aliphatic rings. The number of hydrogen-bond acceptors (Lipinski definition) is 5. The lowest BCUT2D eigenvalue weighted by molar-refractivity contribution is 0.276. The first kappa shape index (κ1) is 11.6. The summed E-state index contributed by atoms with van der Waals surface area (Å²) in [6.45, 7) is 0.705. The largest absolute Gasteiger partial charge is 0.432 e. The van der Waals surface area contributed by atoms with Gasteiger partial charge >= 0.3 is 0 Å². The van der Waals surface area contributed by atoms with Gasteiger partial charge in [0.1, 0.15) is 12.0 Å². The standard InChI is InChI=1S/C12H15N3O2/c1-15(12-14-11(8-16)9-17-12)7-4-10-2-5-13-6-3-10/h2-3,5-6,9,16H,4,7-8H2,1H3. The number of aromatic nitrogens is 2. The average Bonchev–Trinajstić information content (AvgIpc) is 2.86.